The van der Waals surface area contributed by atoms with Crippen LogP contribution in [0.5, 0.6) is 0 Å². The van der Waals surface area contributed by atoms with Crippen molar-refractivity contribution in [2.24, 2.45) is 4.99 Å². The largest absolute Gasteiger partial charge is 0.383 e. The van der Waals surface area contributed by atoms with E-state index in [1.54, 1.807) is 14.2 Å². The van der Waals surface area contributed by atoms with Gasteiger partial charge in [0.15, 0.2) is 0 Å². The van der Waals surface area contributed by atoms with Crippen molar-refractivity contribution in [2.75, 3.05) is 44.5 Å². The number of benzene rings is 1. The van der Waals surface area contributed by atoms with Crippen LogP contribution >= 0.6 is 0 Å². The Kier molecular flexibility index (Phi) is 7.70. The average molecular weight is 304 g/mol. The second-order valence-corrected chi connectivity index (χ2v) is 4.48. The molecule has 22 heavy (non-hydrogen) atoms. The molecule has 0 unspecified atom stereocenters. The summed E-state index contributed by atoms with van der Waals surface area (Å²) in [6.07, 6.45) is 1.24. The topological polar surface area (TPSA) is 74.8 Å². The van der Waals surface area contributed by atoms with Crippen LogP contribution in [0.2, 0.25) is 0 Å². The van der Waals surface area contributed by atoms with E-state index in [4.69, 9.17) is 4.74 Å². The number of carbonyl (C=O) groups is 1. The van der Waals surface area contributed by atoms with E-state index in [0.717, 1.165) is 23.6 Å². The first-order chi connectivity index (χ1) is 10.7. The summed E-state index contributed by atoms with van der Waals surface area (Å²) in [6, 6.07) is 5.73. The zero-order valence-corrected chi connectivity index (χ0v) is 13.4. The lowest BCUT2D eigenvalue weighted by molar-refractivity contribution is -0.111. The van der Waals surface area contributed by atoms with Crippen molar-refractivity contribution < 1.29 is 9.53 Å². The number of amides is 1. The number of nitrogens with one attached hydrogen (secondary N) is 3. The predicted molar refractivity (Wildman–Crippen MR) is 91.8 cm³/mol. The summed E-state index contributed by atoms with van der Waals surface area (Å²) in [5, 5.41) is 9.22. The third-order valence-electron chi connectivity index (χ3n) is 2.93. The minimum atomic E-state index is -0.259. The molecule has 0 radical (unpaired) electrons. The summed E-state index contributed by atoms with van der Waals surface area (Å²) in [5.41, 5.74) is 2.40. The lowest BCUT2D eigenvalue weighted by atomic mass is 10.1. The third kappa shape index (κ3) is 5.21. The van der Waals surface area contributed by atoms with Gasteiger partial charge in [0.05, 0.1) is 18.0 Å². The summed E-state index contributed by atoms with van der Waals surface area (Å²) >= 11 is 0. The molecular weight excluding hydrogens is 280 g/mol. The maximum Gasteiger partial charge on any atom is 0.247 e. The summed E-state index contributed by atoms with van der Waals surface area (Å²) in [7, 11) is 3.37. The molecule has 6 heteroatoms. The SMILES string of the molecule is C=CC(=O)Nc1cc(C(=NC)NCC)ccc1NCCOC. The van der Waals surface area contributed by atoms with Crippen molar-refractivity contribution in [3.63, 3.8) is 0 Å². The molecule has 0 aliphatic rings. The van der Waals surface area contributed by atoms with Crippen LogP contribution in [-0.2, 0) is 9.53 Å². The Morgan fingerprint density at radius 2 is 2.18 bits per heavy atom. The molecule has 1 aromatic carbocycles. The van der Waals surface area contributed by atoms with Gasteiger partial charge in [-0.25, -0.2) is 0 Å². The molecule has 0 aromatic heterocycles. The number of aliphatic imine (C=N–C) groups is 1. The molecule has 0 saturated carbocycles. The van der Waals surface area contributed by atoms with Gasteiger partial charge in [0.1, 0.15) is 5.84 Å². The molecular formula is C16H24N4O2. The lowest BCUT2D eigenvalue weighted by Crippen LogP contribution is -2.24. The quantitative estimate of drug-likeness (QED) is 0.296. The molecule has 120 valence electrons. The van der Waals surface area contributed by atoms with Crippen molar-refractivity contribution in [2.45, 2.75) is 6.92 Å². The number of hydrogen-bond donors (Lipinski definition) is 3. The number of carbonyl (C=O) groups excluding carboxylic acids is 1. The second-order valence-electron chi connectivity index (χ2n) is 4.48. The average Bonchev–Trinajstić information content (AvgIpc) is 2.54. The van der Waals surface area contributed by atoms with Crippen LogP contribution in [0.3, 0.4) is 0 Å². The molecule has 1 aromatic rings. The van der Waals surface area contributed by atoms with Crippen LogP contribution in [0, 0.1) is 0 Å². The molecule has 3 N–H and O–H groups in total. The minimum absolute atomic E-state index is 0.259. The molecule has 6 nitrogen and oxygen atoms in total. The molecule has 0 aliphatic carbocycles. The number of hydrogen-bond acceptors (Lipinski definition) is 4. The van der Waals surface area contributed by atoms with Gasteiger partial charge in [0.2, 0.25) is 5.91 Å². The van der Waals surface area contributed by atoms with Crippen LogP contribution in [0.4, 0.5) is 11.4 Å². The smallest absolute Gasteiger partial charge is 0.247 e. The van der Waals surface area contributed by atoms with Gasteiger partial charge in [-0.1, -0.05) is 6.58 Å². The Morgan fingerprint density at radius 3 is 2.77 bits per heavy atom. The minimum Gasteiger partial charge on any atom is -0.383 e. The normalized spacial score (nSPS) is 11.0. The maximum absolute atomic E-state index is 11.6. The van der Waals surface area contributed by atoms with Crippen molar-refractivity contribution in [1.82, 2.24) is 5.32 Å². The number of ether oxygens (including phenoxy) is 1. The zero-order valence-electron chi connectivity index (χ0n) is 13.4. The standard InChI is InChI=1S/C16H24N4O2/c1-5-15(21)20-14-11-12(16(17-3)18-6-2)7-8-13(14)19-9-10-22-4/h5,7-8,11,19H,1,6,9-10H2,2-4H3,(H,17,18)(H,20,21). The molecule has 0 heterocycles. The summed E-state index contributed by atoms with van der Waals surface area (Å²) < 4.78 is 5.02. The van der Waals surface area contributed by atoms with Crippen LogP contribution < -0.4 is 16.0 Å². The fourth-order valence-corrected chi connectivity index (χ4v) is 1.90. The first-order valence-electron chi connectivity index (χ1n) is 7.17. The molecule has 0 bridgehead atoms. The van der Waals surface area contributed by atoms with Gasteiger partial charge >= 0.3 is 0 Å². The van der Waals surface area contributed by atoms with Gasteiger partial charge in [-0.3, -0.25) is 9.79 Å². The fourth-order valence-electron chi connectivity index (χ4n) is 1.90. The lowest BCUT2D eigenvalue weighted by Gasteiger charge is -2.15. The Labute approximate surface area is 131 Å². The maximum atomic E-state index is 11.6. The van der Waals surface area contributed by atoms with Crippen molar-refractivity contribution >= 4 is 23.1 Å². The van der Waals surface area contributed by atoms with E-state index in [1.807, 2.05) is 25.1 Å². The van der Waals surface area contributed by atoms with Gasteiger partial charge < -0.3 is 20.7 Å². The zero-order chi connectivity index (χ0) is 16.4. The third-order valence-corrected chi connectivity index (χ3v) is 2.93. The second kappa shape index (κ2) is 9.57. The van der Waals surface area contributed by atoms with Gasteiger partial charge in [0.25, 0.3) is 0 Å². The highest BCUT2D eigenvalue weighted by Gasteiger charge is 2.09. The molecule has 1 rings (SSSR count). The van der Waals surface area contributed by atoms with Crippen LogP contribution in [0.25, 0.3) is 0 Å². The fraction of sp³-hybridized carbons (Fsp3) is 0.375. The number of anilines is 2. The number of rotatable bonds is 8. The van der Waals surface area contributed by atoms with Crippen molar-refractivity contribution in [3.8, 4) is 0 Å². The number of methoxy groups -OCH3 is 1. The van der Waals surface area contributed by atoms with Gasteiger partial charge in [-0.2, -0.15) is 0 Å². The summed E-state index contributed by atoms with van der Waals surface area (Å²) in [5.74, 6) is 0.519. The first-order valence-corrected chi connectivity index (χ1v) is 7.17. The predicted octanol–water partition coefficient (Wildman–Crippen LogP) is 1.86. The highest BCUT2D eigenvalue weighted by Crippen LogP contribution is 2.23. The monoisotopic (exact) mass is 304 g/mol. The molecule has 0 atom stereocenters. The summed E-state index contributed by atoms with van der Waals surface area (Å²) in [6.45, 7) is 7.48. The highest BCUT2D eigenvalue weighted by atomic mass is 16.5. The Morgan fingerprint density at radius 1 is 1.41 bits per heavy atom. The van der Waals surface area contributed by atoms with E-state index < -0.39 is 0 Å². The van der Waals surface area contributed by atoms with E-state index in [-0.39, 0.29) is 5.91 Å². The highest BCUT2D eigenvalue weighted by molar-refractivity contribution is 6.04. The Hall–Kier alpha value is -2.34. The molecule has 0 aliphatic heterocycles. The van der Waals surface area contributed by atoms with Crippen LogP contribution in [0.1, 0.15) is 12.5 Å². The molecule has 0 saturated heterocycles. The Balaban J connectivity index is 3.06. The van der Waals surface area contributed by atoms with Crippen molar-refractivity contribution in [3.05, 3.63) is 36.4 Å². The molecule has 0 fully saturated rings. The van der Waals surface area contributed by atoms with E-state index in [2.05, 4.69) is 27.5 Å². The summed E-state index contributed by atoms with van der Waals surface area (Å²) in [4.78, 5) is 15.8. The number of amidine groups is 1. The van der Waals surface area contributed by atoms with E-state index in [1.165, 1.54) is 6.08 Å². The van der Waals surface area contributed by atoms with Gasteiger partial charge in [0, 0.05) is 32.8 Å². The van der Waals surface area contributed by atoms with E-state index in [9.17, 15) is 4.79 Å². The van der Waals surface area contributed by atoms with Crippen molar-refractivity contribution in [1.29, 1.82) is 0 Å². The molecule has 1 amide bonds. The van der Waals surface area contributed by atoms with Gasteiger partial charge in [-0.15, -0.1) is 0 Å². The first kappa shape index (κ1) is 17.7. The van der Waals surface area contributed by atoms with E-state index >= 15 is 0 Å². The Bertz CT molecular complexity index is 541. The van der Waals surface area contributed by atoms with Crippen LogP contribution in [0.15, 0.2) is 35.8 Å². The van der Waals surface area contributed by atoms with Gasteiger partial charge in [-0.05, 0) is 31.2 Å². The number of nitrogens with zero attached hydrogens (tertiary/aromatic N) is 1. The molecule has 0 spiro atoms. The van der Waals surface area contributed by atoms with E-state index in [0.29, 0.717) is 18.8 Å². The van der Waals surface area contributed by atoms with Crippen LogP contribution in [-0.4, -0.2) is 45.6 Å².